The summed E-state index contributed by atoms with van der Waals surface area (Å²) in [5, 5.41) is 12.7. The molecule has 2 N–H and O–H groups in total. The highest BCUT2D eigenvalue weighted by molar-refractivity contribution is 5.13. The van der Waals surface area contributed by atoms with Crippen LogP contribution in [-0.4, -0.2) is 59.1 Å². The number of tetrazole rings is 1. The van der Waals surface area contributed by atoms with Crippen LogP contribution in [0.2, 0.25) is 0 Å². The van der Waals surface area contributed by atoms with Gasteiger partial charge in [0.25, 0.3) is 0 Å². The van der Waals surface area contributed by atoms with Gasteiger partial charge in [-0.15, -0.1) is 5.10 Å². The maximum absolute atomic E-state index is 5.78. The van der Waals surface area contributed by atoms with Crippen molar-refractivity contribution in [2.75, 3.05) is 32.8 Å². The van der Waals surface area contributed by atoms with Crippen molar-refractivity contribution in [2.24, 2.45) is 0 Å². The highest BCUT2D eigenvalue weighted by Gasteiger charge is 2.33. The number of nitrogens with one attached hydrogen (secondary N) is 2. The number of hydrogen-bond acceptors (Lipinski definition) is 4. The summed E-state index contributed by atoms with van der Waals surface area (Å²) >= 11 is 0. The second-order valence-electron chi connectivity index (χ2n) is 7.89. The molecule has 0 aliphatic carbocycles. The summed E-state index contributed by atoms with van der Waals surface area (Å²) < 4.78 is 7.78. The standard InChI is InChI=1S/C20H30N6O/c1-2-19(20-21-22-23-26(20)16-18-9-6-14-27-18)25-12-10-24(11-13-25)15-17-7-4-3-5-8-17/h3-5,7-8,18-19H,2,6,9-16H2,1H3/p+2/t18-,19+/m1/s1. The molecule has 0 spiro atoms. The van der Waals surface area contributed by atoms with Gasteiger partial charge in [0.15, 0.2) is 0 Å². The van der Waals surface area contributed by atoms with E-state index < -0.39 is 0 Å². The van der Waals surface area contributed by atoms with Gasteiger partial charge in [-0.3, -0.25) is 0 Å². The molecular formula is C20H32N6O+2. The average molecular weight is 373 g/mol. The van der Waals surface area contributed by atoms with E-state index >= 15 is 0 Å². The molecule has 2 fully saturated rings. The van der Waals surface area contributed by atoms with E-state index in [1.807, 2.05) is 4.68 Å². The van der Waals surface area contributed by atoms with Gasteiger partial charge in [0.05, 0.1) is 12.6 Å². The number of nitrogens with zero attached hydrogens (tertiary/aromatic N) is 4. The van der Waals surface area contributed by atoms with E-state index in [9.17, 15) is 0 Å². The van der Waals surface area contributed by atoms with Crippen molar-refractivity contribution in [3.8, 4) is 0 Å². The van der Waals surface area contributed by atoms with Crippen LogP contribution in [0.1, 0.15) is 43.6 Å². The molecule has 2 aliphatic rings. The predicted octanol–water partition coefficient (Wildman–Crippen LogP) is -0.713. The SMILES string of the molecule is CC[C@@H](c1nnnn1C[C@H]1CCCO1)[NH+]1CC[NH+](Cc2ccccc2)CC1. The highest BCUT2D eigenvalue weighted by Crippen LogP contribution is 2.16. The Labute approximate surface area is 161 Å². The number of quaternary nitrogens is 2. The normalized spacial score (nSPS) is 26.9. The lowest BCUT2D eigenvalue weighted by molar-refractivity contribution is -1.03. The fraction of sp³-hybridized carbons (Fsp3) is 0.650. The molecule has 0 saturated carbocycles. The van der Waals surface area contributed by atoms with E-state index in [-0.39, 0.29) is 6.10 Å². The lowest BCUT2D eigenvalue weighted by Crippen LogP contribution is -3.27. The minimum Gasteiger partial charge on any atom is -0.376 e. The fourth-order valence-corrected chi connectivity index (χ4v) is 4.56. The van der Waals surface area contributed by atoms with Gasteiger partial charge >= 0.3 is 0 Å². The summed E-state index contributed by atoms with van der Waals surface area (Å²) in [4.78, 5) is 3.30. The number of ether oxygens (including phenoxy) is 1. The minimum atomic E-state index is 0.270. The van der Waals surface area contributed by atoms with Gasteiger partial charge in [-0.25, -0.2) is 4.68 Å². The zero-order valence-electron chi connectivity index (χ0n) is 16.3. The quantitative estimate of drug-likeness (QED) is 0.674. The Morgan fingerprint density at radius 3 is 2.70 bits per heavy atom. The third kappa shape index (κ3) is 4.54. The third-order valence-electron chi connectivity index (χ3n) is 6.07. The maximum Gasteiger partial charge on any atom is 0.209 e. The summed E-state index contributed by atoms with van der Waals surface area (Å²) in [7, 11) is 0. The molecule has 0 unspecified atom stereocenters. The average Bonchev–Trinajstić information content (AvgIpc) is 3.38. The Balaban J connectivity index is 1.36. The van der Waals surface area contributed by atoms with E-state index in [2.05, 4.69) is 52.8 Å². The van der Waals surface area contributed by atoms with Crippen LogP contribution in [0.4, 0.5) is 0 Å². The first kappa shape index (κ1) is 18.5. The summed E-state index contributed by atoms with van der Waals surface area (Å²) in [6.07, 6.45) is 3.60. The van der Waals surface area contributed by atoms with Crippen LogP contribution in [0.5, 0.6) is 0 Å². The monoisotopic (exact) mass is 372 g/mol. The highest BCUT2D eigenvalue weighted by atomic mass is 16.5. The molecule has 146 valence electrons. The van der Waals surface area contributed by atoms with Crippen LogP contribution in [0.15, 0.2) is 30.3 Å². The Bertz CT molecular complexity index is 692. The maximum atomic E-state index is 5.78. The van der Waals surface area contributed by atoms with Crippen molar-refractivity contribution in [2.45, 2.75) is 51.4 Å². The molecule has 0 radical (unpaired) electrons. The molecule has 2 aromatic rings. The second kappa shape index (κ2) is 8.91. The molecule has 4 rings (SSSR count). The Hall–Kier alpha value is -1.83. The first-order chi connectivity index (χ1) is 13.3. The van der Waals surface area contributed by atoms with Gasteiger partial charge in [-0.05, 0) is 23.3 Å². The number of rotatable bonds is 7. The zero-order chi connectivity index (χ0) is 18.5. The van der Waals surface area contributed by atoms with Crippen LogP contribution in [0, 0.1) is 0 Å². The van der Waals surface area contributed by atoms with E-state index in [1.165, 1.54) is 31.7 Å². The summed E-state index contributed by atoms with van der Waals surface area (Å²) in [6, 6.07) is 11.2. The number of piperazine rings is 1. The topological polar surface area (TPSA) is 61.7 Å². The Kier molecular flexibility index (Phi) is 6.11. The zero-order valence-corrected chi connectivity index (χ0v) is 16.3. The molecule has 0 bridgehead atoms. The van der Waals surface area contributed by atoms with E-state index in [1.54, 1.807) is 9.80 Å². The molecule has 2 atom stereocenters. The van der Waals surface area contributed by atoms with Gasteiger partial charge in [0.2, 0.25) is 5.82 Å². The van der Waals surface area contributed by atoms with Crippen LogP contribution < -0.4 is 9.80 Å². The molecule has 1 aromatic carbocycles. The Morgan fingerprint density at radius 1 is 1.19 bits per heavy atom. The third-order valence-corrected chi connectivity index (χ3v) is 6.07. The van der Waals surface area contributed by atoms with E-state index in [0.29, 0.717) is 6.04 Å². The molecule has 0 amide bonds. The van der Waals surface area contributed by atoms with Crippen LogP contribution in [-0.2, 0) is 17.8 Å². The lowest BCUT2D eigenvalue weighted by atomic mass is 10.1. The van der Waals surface area contributed by atoms with Crippen molar-refractivity contribution in [3.63, 3.8) is 0 Å². The van der Waals surface area contributed by atoms with E-state index in [0.717, 1.165) is 44.8 Å². The van der Waals surface area contributed by atoms with Gasteiger partial charge in [-0.2, -0.15) is 0 Å². The predicted molar refractivity (Wildman–Crippen MR) is 101 cm³/mol. The molecular weight excluding hydrogens is 340 g/mol. The van der Waals surface area contributed by atoms with Crippen LogP contribution in [0.3, 0.4) is 0 Å². The molecule has 2 aliphatic heterocycles. The number of benzene rings is 1. The largest absolute Gasteiger partial charge is 0.376 e. The molecule has 7 heteroatoms. The Morgan fingerprint density at radius 2 is 2.00 bits per heavy atom. The second-order valence-corrected chi connectivity index (χ2v) is 7.89. The molecule has 1 aromatic heterocycles. The lowest BCUT2D eigenvalue weighted by Gasteiger charge is -2.33. The van der Waals surface area contributed by atoms with Gasteiger partial charge in [-0.1, -0.05) is 37.3 Å². The summed E-state index contributed by atoms with van der Waals surface area (Å²) in [5.74, 6) is 1.04. The smallest absolute Gasteiger partial charge is 0.209 e. The summed E-state index contributed by atoms with van der Waals surface area (Å²) in [5.41, 5.74) is 1.43. The molecule has 7 nitrogen and oxygen atoms in total. The van der Waals surface area contributed by atoms with Gasteiger partial charge in [0, 0.05) is 18.6 Å². The van der Waals surface area contributed by atoms with Gasteiger partial charge < -0.3 is 14.5 Å². The van der Waals surface area contributed by atoms with E-state index in [4.69, 9.17) is 4.74 Å². The number of hydrogen-bond donors (Lipinski definition) is 2. The van der Waals surface area contributed by atoms with Crippen molar-refractivity contribution in [1.82, 2.24) is 20.2 Å². The van der Waals surface area contributed by atoms with Crippen LogP contribution in [0.25, 0.3) is 0 Å². The minimum absolute atomic E-state index is 0.270. The molecule has 27 heavy (non-hydrogen) atoms. The first-order valence-electron chi connectivity index (χ1n) is 10.4. The fourth-order valence-electron chi connectivity index (χ4n) is 4.56. The molecule has 3 heterocycles. The van der Waals surface area contributed by atoms with Crippen molar-refractivity contribution in [1.29, 1.82) is 0 Å². The van der Waals surface area contributed by atoms with Crippen LogP contribution >= 0.6 is 0 Å². The van der Waals surface area contributed by atoms with Gasteiger partial charge in [0.1, 0.15) is 38.8 Å². The summed E-state index contributed by atoms with van der Waals surface area (Å²) in [6.45, 7) is 9.80. The molecule has 2 saturated heterocycles. The first-order valence-corrected chi connectivity index (χ1v) is 10.4. The number of aromatic nitrogens is 4. The van der Waals surface area contributed by atoms with Crippen molar-refractivity contribution < 1.29 is 14.5 Å². The van der Waals surface area contributed by atoms with Crippen molar-refractivity contribution in [3.05, 3.63) is 41.7 Å². The van der Waals surface area contributed by atoms with Crippen molar-refractivity contribution >= 4 is 0 Å².